The summed E-state index contributed by atoms with van der Waals surface area (Å²) in [5.41, 5.74) is 0.0406. The highest BCUT2D eigenvalue weighted by Gasteiger charge is 2.26. The summed E-state index contributed by atoms with van der Waals surface area (Å²) in [5.74, 6) is -0.595. The SMILES string of the molecule is Cc1c(C(=O)Nc2nnnn2C)ccc(S(C)(=O)=O)c1S(C)(=O)=O. The molecule has 1 heterocycles. The quantitative estimate of drug-likeness (QED) is 0.761. The number of hydrogen-bond acceptors (Lipinski definition) is 8. The third-order valence-electron chi connectivity index (χ3n) is 3.23. The van der Waals surface area contributed by atoms with Crippen LogP contribution in [0.3, 0.4) is 0 Å². The van der Waals surface area contributed by atoms with Crippen molar-refractivity contribution in [3.05, 3.63) is 23.3 Å². The fourth-order valence-electron chi connectivity index (χ4n) is 2.17. The highest BCUT2D eigenvalue weighted by molar-refractivity contribution is 7.93. The Labute approximate surface area is 138 Å². The first-order chi connectivity index (χ1) is 10.9. The number of sulfone groups is 2. The summed E-state index contributed by atoms with van der Waals surface area (Å²) in [4.78, 5) is 11.6. The van der Waals surface area contributed by atoms with Crippen LogP contribution in [0.1, 0.15) is 15.9 Å². The standard InChI is InChI=1S/C12H15N5O5S2/c1-7-8(11(18)13-12-14-15-16-17(12)2)5-6-9(23(3,19)20)10(7)24(4,21)22/h5-6H,1-4H3,(H,13,14,16,18). The largest absolute Gasteiger partial charge is 0.289 e. The van der Waals surface area contributed by atoms with Crippen LogP contribution < -0.4 is 5.32 Å². The van der Waals surface area contributed by atoms with Gasteiger partial charge in [0.25, 0.3) is 5.91 Å². The maximum absolute atomic E-state index is 12.4. The van der Waals surface area contributed by atoms with Gasteiger partial charge >= 0.3 is 0 Å². The van der Waals surface area contributed by atoms with Gasteiger partial charge in [0.1, 0.15) is 0 Å². The van der Waals surface area contributed by atoms with Crippen LogP contribution in [0.15, 0.2) is 21.9 Å². The zero-order chi connectivity index (χ0) is 18.3. The molecule has 2 aromatic rings. The Hall–Kier alpha value is -2.34. The fourth-order valence-corrected chi connectivity index (χ4v) is 4.98. The molecule has 12 heteroatoms. The van der Waals surface area contributed by atoms with Gasteiger partial charge in [-0.2, -0.15) is 0 Å². The van der Waals surface area contributed by atoms with E-state index in [-0.39, 0.29) is 22.0 Å². The first-order valence-electron chi connectivity index (χ1n) is 6.50. The fraction of sp³-hybridized carbons (Fsp3) is 0.333. The molecule has 0 unspecified atom stereocenters. The summed E-state index contributed by atoms with van der Waals surface area (Å²) < 4.78 is 49.0. The molecule has 130 valence electrons. The van der Waals surface area contributed by atoms with Gasteiger partial charge in [-0.1, -0.05) is 5.10 Å². The van der Waals surface area contributed by atoms with Crippen LogP contribution in [0.5, 0.6) is 0 Å². The van der Waals surface area contributed by atoms with E-state index in [2.05, 4.69) is 20.8 Å². The maximum Gasteiger partial charge on any atom is 0.258 e. The van der Waals surface area contributed by atoms with Gasteiger partial charge < -0.3 is 0 Å². The molecule has 2 rings (SSSR count). The van der Waals surface area contributed by atoms with Crippen molar-refractivity contribution in [1.82, 2.24) is 20.2 Å². The van der Waals surface area contributed by atoms with Crippen molar-refractivity contribution >= 4 is 31.5 Å². The molecule has 0 aliphatic carbocycles. The second-order valence-corrected chi connectivity index (χ2v) is 9.13. The van der Waals surface area contributed by atoms with Crippen molar-refractivity contribution < 1.29 is 21.6 Å². The molecule has 0 saturated carbocycles. The molecule has 0 atom stereocenters. The number of hydrogen-bond donors (Lipinski definition) is 1. The molecule has 0 spiro atoms. The number of aromatic nitrogens is 4. The molecule has 0 saturated heterocycles. The van der Waals surface area contributed by atoms with Crippen molar-refractivity contribution in [2.75, 3.05) is 17.8 Å². The van der Waals surface area contributed by atoms with Gasteiger partial charge in [0.05, 0.1) is 9.79 Å². The van der Waals surface area contributed by atoms with E-state index in [1.165, 1.54) is 24.7 Å². The van der Waals surface area contributed by atoms with E-state index >= 15 is 0 Å². The van der Waals surface area contributed by atoms with E-state index in [0.717, 1.165) is 18.6 Å². The number of tetrazole rings is 1. The molecular formula is C12H15N5O5S2. The second kappa shape index (κ2) is 5.94. The number of carbonyl (C=O) groups is 1. The van der Waals surface area contributed by atoms with Crippen LogP contribution in [0.25, 0.3) is 0 Å². The van der Waals surface area contributed by atoms with Crippen molar-refractivity contribution in [2.24, 2.45) is 7.05 Å². The summed E-state index contributed by atoms with van der Waals surface area (Å²) in [6.07, 6.45) is 1.79. The van der Waals surface area contributed by atoms with Crippen molar-refractivity contribution in [3.8, 4) is 0 Å². The molecule has 1 N–H and O–H groups in total. The summed E-state index contributed by atoms with van der Waals surface area (Å²) >= 11 is 0. The highest BCUT2D eigenvalue weighted by atomic mass is 32.2. The van der Waals surface area contributed by atoms with Crippen molar-refractivity contribution in [2.45, 2.75) is 16.7 Å². The van der Waals surface area contributed by atoms with Gasteiger partial charge in [-0.15, -0.1) is 0 Å². The van der Waals surface area contributed by atoms with Gasteiger partial charge in [0, 0.05) is 25.1 Å². The van der Waals surface area contributed by atoms with Gasteiger partial charge in [-0.25, -0.2) is 21.5 Å². The molecular weight excluding hydrogens is 358 g/mol. The summed E-state index contributed by atoms with van der Waals surface area (Å²) in [7, 11) is -6.15. The number of aryl methyl sites for hydroxylation is 1. The van der Waals surface area contributed by atoms with Crippen LogP contribution in [0.4, 0.5) is 5.95 Å². The van der Waals surface area contributed by atoms with Crippen LogP contribution in [0.2, 0.25) is 0 Å². The van der Waals surface area contributed by atoms with Crippen molar-refractivity contribution in [1.29, 1.82) is 0 Å². The van der Waals surface area contributed by atoms with E-state index in [4.69, 9.17) is 0 Å². The zero-order valence-corrected chi connectivity index (χ0v) is 14.9. The molecule has 0 bridgehead atoms. The lowest BCUT2D eigenvalue weighted by Crippen LogP contribution is -2.19. The minimum Gasteiger partial charge on any atom is -0.289 e. The number of nitrogens with one attached hydrogen (secondary N) is 1. The molecule has 0 aliphatic rings. The molecule has 0 radical (unpaired) electrons. The van der Waals surface area contributed by atoms with Crippen molar-refractivity contribution in [3.63, 3.8) is 0 Å². The molecule has 1 amide bonds. The summed E-state index contributed by atoms with van der Waals surface area (Å²) in [6.45, 7) is 1.37. The third kappa shape index (κ3) is 3.43. The van der Waals surface area contributed by atoms with Crippen LogP contribution in [0, 0.1) is 6.92 Å². The van der Waals surface area contributed by atoms with Gasteiger partial charge in [-0.05, 0) is 35.0 Å². The normalized spacial score (nSPS) is 12.2. The van der Waals surface area contributed by atoms with Crippen LogP contribution >= 0.6 is 0 Å². The van der Waals surface area contributed by atoms with E-state index in [0.29, 0.717) is 0 Å². The van der Waals surface area contributed by atoms with Gasteiger partial charge in [-0.3, -0.25) is 10.1 Å². The summed E-state index contributed by atoms with van der Waals surface area (Å²) in [6, 6.07) is 2.35. The van der Waals surface area contributed by atoms with Gasteiger partial charge in [0.15, 0.2) is 19.7 Å². The smallest absolute Gasteiger partial charge is 0.258 e. The Morgan fingerprint density at radius 2 is 1.75 bits per heavy atom. The number of anilines is 1. The molecule has 0 aliphatic heterocycles. The first-order valence-corrected chi connectivity index (χ1v) is 10.3. The maximum atomic E-state index is 12.4. The molecule has 24 heavy (non-hydrogen) atoms. The van der Waals surface area contributed by atoms with Crippen LogP contribution in [-0.2, 0) is 26.7 Å². The lowest BCUT2D eigenvalue weighted by Gasteiger charge is -2.13. The monoisotopic (exact) mass is 373 g/mol. The number of nitrogens with zero attached hydrogens (tertiary/aromatic N) is 4. The van der Waals surface area contributed by atoms with E-state index in [1.54, 1.807) is 0 Å². The molecule has 0 fully saturated rings. The number of amides is 1. The third-order valence-corrected chi connectivity index (χ3v) is 5.77. The Balaban J connectivity index is 2.62. The predicted molar refractivity (Wildman–Crippen MR) is 84.1 cm³/mol. The number of carbonyl (C=O) groups excluding carboxylic acids is 1. The second-order valence-electron chi connectivity index (χ2n) is 5.19. The summed E-state index contributed by atoms with van der Waals surface area (Å²) in [5, 5.41) is 12.9. The Bertz CT molecular complexity index is 1020. The topological polar surface area (TPSA) is 141 Å². The van der Waals surface area contributed by atoms with E-state index in [9.17, 15) is 21.6 Å². The van der Waals surface area contributed by atoms with Crippen LogP contribution in [-0.4, -0.2) is 55.5 Å². The lowest BCUT2D eigenvalue weighted by atomic mass is 10.1. The number of rotatable bonds is 4. The molecule has 1 aromatic heterocycles. The van der Waals surface area contributed by atoms with E-state index in [1.807, 2.05) is 0 Å². The molecule has 10 nitrogen and oxygen atoms in total. The highest BCUT2D eigenvalue weighted by Crippen LogP contribution is 2.27. The Kier molecular flexibility index (Phi) is 4.46. The first kappa shape index (κ1) is 18.0. The minimum atomic E-state index is -3.88. The Morgan fingerprint density at radius 1 is 1.12 bits per heavy atom. The van der Waals surface area contributed by atoms with E-state index < -0.39 is 30.5 Å². The number of benzene rings is 1. The average molecular weight is 373 g/mol. The van der Waals surface area contributed by atoms with Gasteiger partial charge in [0.2, 0.25) is 5.95 Å². The average Bonchev–Trinajstić information content (AvgIpc) is 2.81. The Morgan fingerprint density at radius 3 is 2.21 bits per heavy atom. The lowest BCUT2D eigenvalue weighted by molar-refractivity contribution is 0.102. The minimum absolute atomic E-state index is 0.00539. The predicted octanol–water partition coefficient (Wildman–Crippen LogP) is -0.422. The zero-order valence-electron chi connectivity index (χ0n) is 13.3. The molecule has 1 aromatic carbocycles.